The molecule has 3 rings (SSSR count). The van der Waals surface area contributed by atoms with Gasteiger partial charge >= 0.3 is 0 Å². The van der Waals surface area contributed by atoms with Crippen LogP contribution >= 0.6 is 0 Å². The first kappa shape index (κ1) is 17.7. The average Bonchev–Trinajstić information content (AvgIpc) is 3.39. The Hall–Kier alpha value is -1.10. The van der Waals surface area contributed by atoms with Gasteiger partial charge in [-0.1, -0.05) is 20.8 Å². The van der Waals surface area contributed by atoms with E-state index in [0.29, 0.717) is 12.6 Å². The molecule has 1 aliphatic carbocycles. The van der Waals surface area contributed by atoms with E-state index in [2.05, 4.69) is 10.2 Å². The van der Waals surface area contributed by atoms with Crippen LogP contribution in [0.5, 0.6) is 0 Å². The van der Waals surface area contributed by atoms with Crippen molar-refractivity contribution in [3.05, 3.63) is 0 Å². The average molecular weight is 335 g/mol. The lowest BCUT2D eigenvalue weighted by molar-refractivity contribution is -0.143. The van der Waals surface area contributed by atoms with E-state index in [1.54, 1.807) is 0 Å². The maximum Gasteiger partial charge on any atom is 0.227 e. The summed E-state index contributed by atoms with van der Waals surface area (Å²) in [7, 11) is 0. The number of piperidine rings is 2. The van der Waals surface area contributed by atoms with E-state index >= 15 is 0 Å². The van der Waals surface area contributed by atoms with Crippen LogP contribution in [-0.4, -0.2) is 59.9 Å². The van der Waals surface area contributed by atoms with Gasteiger partial charge in [0.15, 0.2) is 0 Å². The third kappa shape index (κ3) is 4.29. The number of likely N-dealkylation sites (tertiary alicyclic amines) is 2. The number of hydrogen-bond acceptors (Lipinski definition) is 3. The van der Waals surface area contributed by atoms with Crippen LogP contribution in [0, 0.1) is 11.3 Å². The predicted molar refractivity (Wildman–Crippen MR) is 94.5 cm³/mol. The van der Waals surface area contributed by atoms with Crippen molar-refractivity contribution >= 4 is 11.8 Å². The molecule has 3 aliphatic rings. The van der Waals surface area contributed by atoms with E-state index in [0.717, 1.165) is 51.4 Å². The molecule has 2 heterocycles. The number of carbonyl (C=O) groups is 2. The fourth-order valence-electron chi connectivity index (χ4n) is 4.02. The van der Waals surface area contributed by atoms with Crippen molar-refractivity contribution in [3.63, 3.8) is 0 Å². The molecule has 0 aromatic heterocycles. The van der Waals surface area contributed by atoms with Crippen molar-refractivity contribution in [1.29, 1.82) is 0 Å². The molecule has 1 atom stereocenters. The normalized spacial score (nSPS) is 27.1. The zero-order chi connectivity index (χ0) is 17.3. The van der Waals surface area contributed by atoms with Gasteiger partial charge in [0.25, 0.3) is 0 Å². The van der Waals surface area contributed by atoms with E-state index in [9.17, 15) is 9.59 Å². The number of hydrogen-bond donors (Lipinski definition) is 1. The van der Waals surface area contributed by atoms with E-state index in [1.807, 2.05) is 25.7 Å². The summed E-state index contributed by atoms with van der Waals surface area (Å²) >= 11 is 0. The minimum absolute atomic E-state index is 0.0356. The van der Waals surface area contributed by atoms with Crippen molar-refractivity contribution in [2.75, 3.05) is 26.2 Å². The van der Waals surface area contributed by atoms with Gasteiger partial charge in [0.2, 0.25) is 11.8 Å². The Morgan fingerprint density at radius 3 is 2.21 bits per heavy atom. The summed E-state index contributed by atoms with van der Waals surface area (Å²) in [4.78, 5) is 29.6. The molecule has 136 valence electrons. The first-order valence-corrected chi connectivity index (χ1v) is 9.68. The Labute approximate surface area is 146 Å². The molecule has 0 radical (unpaired) electrons. The zero-order valence-corrected chi connectivity index (χ0v) is 15.5. The molecular formula is C19H33N3O2. The minimum atomic E-state index is -0.367. The Morgan fingerprint density at radius 1 is 0.958 bits per heavy atom. The van der Waals surface area contributed by atoms with Crippen LogP contribution in [0.1, 0.15) is 59.3 Å². The molecule has 0 aromatic carbocycles. The van der Waals surface area contributed by atoms with Crippen molar-refractivity contribution in [1.82, 2.24) is 15.1 Å². The number of rotatable bonds is 3. The molecule has 1 unspecified atom stereocenters. The van der Waals surface area contributed by atoms with Crippen LogP contribution in [0.3, 0.4) is 0 Å². The van der Waals surface area contributed by atoms with Gasteiger partial charge in [-0.15, -0.1) is 0 Å². The summed E-state index contributed by atoms with van der Waals surface area (Å²) in [6.45, 7) is 9.47. The second-order valence-electron chi connectivity index (χ2n) is 8.89. The summed E-state index contributed by atoms with van der Waals surface area (Å²) in [6, 6.07) is 1.15. The summed E-state index contributed by atoms with van der Waals surface area (Å²) in [6.07, 6.45) is 6.69. The highest BCUT2D eigenvalue weighted by Gasteiger charge is 2.35. The first-order chi connectivity index (χ1) is 11.3. The summed E-state index contributed by atoms with van der Waals surface area (Å²) in [5, 5.41) is 3.26. The molecule has 1 saturated carbocycles. The van der Waals surface area contributed by atoms with E-state index < -0.39 is 0 Å². The largest absolute Gasteiger partial charge is 0.353 e. The van der Waals surface area contributed by atoms with Crippen LogP contribution in [0.2, 0.25) is 0 Å². The molecule has 2 amide bonds. The summed E-state index contributed by atoms with van der Waals surface area (Å²) in [5.41, 5.74) is -0.367. The first-order valence-electron chi connectivity index (χ1n) is 9.68. The maximum absolute atomic E-state index is 12.6. The highest BCUT2D eigenvalue weighted by molar-refractivity contribution is 5.84. The summed E-state index contributed by atoms with van der Waals surface area (Å²) < 4.78 is 0. The lowest BCUT2D eigenvalue weighted by Gasteiger charge is -2.37. The fraction of sp³-hybridized carbons (Fsp3) is 0.895. The van der Waals surface area contributed by atoms with Crippen molar-refractivity contribution < 1.29 is 9.59 Å². The van der Waals surface area contributed by atoms with E-state index in [1.165, 1.54) is 12.8 Å². The molecule has 0 spiro atoms. The van der Waals surface area contributed by atoms with Gasteiger partial charge in [-0.05, 0) is 38.5 Å². The maximum atomic E-state index is 12.6. The van der Waals surface area contributed by atoms with Crippen LogP contribution in [0.4, 0.5) is 0 Å². The number of nitrogens with one attached hydrogen (secondary N) is 1. The van der Waals surface area contributed by atoms with E-state index in [4.69, 9.17) is 0 Å². The lowest BCUT2D eigenvalue weighted by Crippen LogP contribution is -2.51. The van der Waals surface area contributed by atoms with E-state index in [-0.39, 0.29) is 23.1 Å². The molecule has 3 fully saturated rings. The molecule has 1 N–H and O–H groups in total. The fourth-order valence-corrected chi connectivity index (χ4v) is 4.02. The molecule has 2 saturated heterocycles. The quantitative estimate of drug-likeness (QED) is 0.858. The molecule has 5 nitrogen and oxygen atoms in total. The Balaban J connectivity index is 1.47. The van der Waals surface area contributed by atoms with Crippen molar-refractivity contribution in [2.45, 2.75) is 71.4 Å². The third-order valence-corrected chi connectivity index (χ3v) is 5.66. The minimum Gasteiger partial charge on any atom is -0.353 e. The standard InChI is InChI=1S/C19H33N3O2/c1-19(2,3)18(24)22-10-4-5-14(13-22)17(23)20-15-8-11-21(12-9-15)16-6-7-16/h14-16H,4-13H2,1-3H3,(H,20,23). The molecule has 5 heteroatoms. The SMILES string of the molecule is CC(C)(C)C(=O)N1CCCC(C(=O)NC2CCN(C3CC3)CC2)C1. The molecule has 0 aromatic rings. The Kier molecular flexibility index (Phi) is 5.19. The number of nitrogens with zero attached hydrogens (tertiary/aromatic N) is 2. The number of amides is 2. The third-order valence-electron chi connectivity index (χ3n) is 5.66. The topological polar surface area (TPSA) is 52.7 Å². The predicted octanol–water partition coefficient (Wildman–Crippen LogP) is 2.01. The summed E-state index contributed by atoms with van der Waals surface area (Å²) in [5.74, 6) is 0.288. The van der Waals surface area contributed by atoms with Crippen LogP contribution in [0.25, 0.3) is 0 Å². The monoisotopic (exact) mass is 335 g/mol. The second-order valence-corrected chi connectivity index (χ2v) is 8.89. The van der Waals surface area contributed by atoms with Gasteiger partial charge in [0.1, 0.15) is 0 Å². The van der Waals surface area contributed by atoms with Crippen LogP contribution in [0.15, 0.2) is 0 Å². The van der Waals surface area contributed by atoms with Crippen LogP contribution in [-0.2, 0) is 9.59 Å². The van der Waals surface area contributed by atoms with Gasteiger partial charge in [-0.2, -0.15) is 0 Å². The Morgan fingerprint density at radius 2 is 1.62 bits per heavy atom. The smallest absolute Gasteiger partial charge is 0.227 e. The zero-order valence-electron chi connectivity index (χ0n) is 15.5. The highest BCUT2D eigenvalue weighted by atomic mass is 16.2. The number of carbonyl (C=O) groups excluding carboxylic acids is 2. The van der Waals surface area contributed by atoms with Gasteiger partial charge in [-0.3, -0.25) is 9.59 Å². The van der Waals surface area contributed by atoms with Crippen LogP contribution < -0.4 is 5.32 Å². The van der Waals surface area contributed by atoms with Gasteiger partial charge in [0.05, 0.1) is 5.92 Å². The Bertz CT molecular complexity index is 473. The molecule has 2 aliphatic heterocycles. The lowest BCUT2D eigenvalue weighted by atomic mass is 9.90. The van der Waals surface area contributed by atoms with Gasteiger partial charge < -0.3 is 15.1 Å². The van der Waals surface area contributed by atoms with Crippen molar-refractivity contribution in [3.8, 4) is 0 Å². The second kappa shape index (κ2) is 7.03. The van der Waals surface area contributed by atoms with Gasteiger partial charge in [-0.25, -0.2) is 0 Å². The molecule has 24 heavy (non-hydrogen) atoms. The van der Waals surface area contributed by atoms with Crippen molar-refractivity contribution in [2.24, 2.45) is 11.3 Å². The van der Waals surface area contributed by atoms with Gasteiger partial charge in [0, 0.05) is 43.7 Å². The molecular weight excluding hydrogens is 302 g/mol. The molecule has 0 bridgehead atoms. The highest BCUT2D eigenvalue weighted by Crippen LogP contribution is 2.29.